The van der Waals surface area contributed by atoms with Gasteiger partial charge in [-0.1, -0.05) is 6.07 Å². The van der Waals surface area contributed by atoms with Gasteiger partial charge in [-0.05, 0) is 51.1 Å². The van der Waals surface area contributed by atoms with Crippen LogP contribution in [0.25, 0.3) is 0 Å². The molecule has 3 N–H and O–H groups in total. The summed E-state index contributed by atoms with van der Waals surface area (Å²) in [6.07, 6.45) is 1.42. The normalized spacial score (nSPS) is 12.2. The SMILES string of the molecule is C[C@H](Nc1nccc(N(C(=O)NCc2ccc(F)cc2F)c2ccc(F)cc2)n1)C(C)(C)O. The van der Waals surface area contributed by atoms with Gasteiger partial charge in [0, 0.05) is 30.4 Å². The molecule has 0 fully saturated rings. The predicted molar refractivity (Wildman–Crippen MR) is 119 cm³/mol. The number of anilines is 3. The minimum atomic E-state index is -1.06. The van der Waals surface area contributed by atoms with Crippen LogP contribution in [0, 0.1) is 17.5 Å². The Morgan fingerprint density at radius 1 is 1.09 bits per heavy atom. The molecular weight excluding hydrogens is 435 g/mol. The third-order valence-corrected chi connectivity index (χ3v) is 5.01. The summed E-state index contributed by atoms with van der Waals surface area (Å²) in [5.74, 6) is -1.70. The molecule has 174 valence electrons. The first-order valence-electron chi connectivity index (χ1n) is 10.1. The zero-order chi connectivity index (χ0) is 24.2. The van der Waals surface area contributed by atoms with Crippen LogP contribution in [-0.4, -0.2) is 32.7 Å². The molecule has 0 saturated heterocycles. The Hall–Kier alpha value is -3.66. The highest BCUT2D eigenvalue weighted by molar-refractivity contribution is 5.98. The van der Waals surface area contributed by atoms with Gasteiger partial charge >= 0.3 is 6.03 Å². The van der Waals surface area contributed by atoms with Gasteiger partial charge in [0.2, 0.25) is 5.95 Å². The van der Waals surface area contributed by atoms with Gasteiger partial charge in [-0.25, -0.2) is 27.8 Å². The first-order chi connectivity index (χ1) is 15.5. The molecule has 7 nitrogen and oxygen atoms in total. The summed E-state index contributed by atoms with van der Waals surface area (Å²) in [6, 6.07) is 8.59. The second-order valence-electron chi connectivity index (χ2n) is 7.96. The van der Waals surface area contributed by atoms with Crippen LogP contribution in [0.1, 0.15) is 26.3 Å². The number of rotatable bonds is 7. The number of carbonyl (C=O) groups is 1. The highest BCUT2D eigenvalue weighted by Gasteiger charge is 2.24. The van der Waals surface area contributed by atoms with E-state index >= 15 is 0 Å². The van der Waals surface area contributed by atoms with Gasteiger partial charge in [-0.2, -0.15) is 4.98 Å². The molecule has 0 spiro atoms. The number of hydrogen-bond donors (Lipinski definition) is 3. The number of urea groups is 1. The molecular formula is C23H24F3N5O2. The molecule has 0 radical (unpaired) electrons. The number of benzene rings is 2. The first kappa shape index (κ1) is 24.0. The van der Waals surface area contributed by atoms with E-state index in [2.05, 4.69) is 20.6 Å². The number of aliphatic hydroxyl groups is 1. The van der Waals surface area contributed by atoms with E-state index in [0.717, 1.165) is 12.1 Å². The minimum absolute atomic E-state index is 0.0906. The van der Waals surface area contributed by atoms with Gasteiger partial charge < -0.3 is 15.7 Å². The van der Waals surface area contributed by atoms with Gasteiger partial charge in [0.1, 0.15) is 23.3 Å². The summed E-state index contributed by atoms with van der Waals surface area (Å²) < 4.78 is 40.6. The quantitative estimate of drug-likeness (QED) is 0.484. The molecule has 0 bridgehead atoms. The van der Waals surface area contributed by atoms with Crippen molar-refractivity contribution in [2.24, 2.45) is 0 Å². The fourth-order valence-electron chi connectivity index (χ4n) is 2.77. The summed E-state index contributed by atoms with van der Waals surface area (Å²) in [5.41, 5.74) is -0.673. The fraction of sp³-hybridized carbons (Fsp3) is 0.261. The van der Waals surface area contributed by atoms with Crippen LogP contribution < -0.4 is 15.5 Å². The molecule has 3 rings (SSSR count). The van der Waals surface area contributed by atoms with E-state index in [1.165, 1.54) is 47.5 Å². The molecule has 10 heteroatoms. The van der Waals surface area contributed by atoms with Crippen LogP contribution in [0.4, 0.5) is 35.4 Å². The molecule has 0 unspecified atom stereocenters. The van der Waals surface area contributed by atoms with Gasteiger partial charge in [0.25, 0.3) is 0 Å². The summed E-state index contributed by atoms with van der Waals surface area (Å²) >= 11 is 0. The second kappa shape index (κ2) is 9.86. The average molecular weight is 459 g/mol. The summed E-state index contributed by atoms with van der Waals surface area (Å²) in [6.45, 7) is 4.79. The number of carbonyl (C=O) groups excluding carboxylic acids is 1. The average Bonchev–Trinajstić information content (AvgIpc) is 2.74. The fourth-order valence-corrected chi connectivity index (χ4v) is 2.77. The van der Waals surface area contributed by atoms with Crippen molar-refractivity contribution in [1.82, 2.24) is 15.3 Å². The summed E-state index contributed by atoms with van der Waals surface area (Å²) in [4.78, 5) is 22.7. The van der Waals surface area contributed by atoms with Crippen molar-refractivity contribution in [1.29, 1.82) is 0 Å². The maximum atomic E-state index is 14.0. The number of nitrogens with one attached hydrogen (secondary N) is 2. The molecule has 0 aliphatic rings. The monoisotopic (exact) mass is 459 g/mol. The van der Waals surface area contributed by atoms with E-state index in [4.69, 9.17) is 0 Å². The van der Waals surface area contributed by atoms with Crippen molar-refractivity contribution < 1.29 is 23.1 Å². The highest BCUT2D eigenvalue weighted by Crippen LogP contribution is 2.25. The van der Waals surface area contributed by atoms with Crippen molar-refractivity contribution in [3.05, 3.63) is 77.7 Å². The maximum absolute atomic E-state index is 14.0. The van der Waals surface area contributed by atoms with E-state index in [9.17, 15) is 23.1 Å². The van der Waals surface area contributed by atoms with Crippen molar-refractivity contribution in [3.8, 4) is 0 Å². The van der Waals surface area contributed by atoms with E-state index in [1.807, 2.05) is 0 Å². The Morgan fingerprint density at radius 2 is 1.76 bits per heavy atom. The van der Waals surface area contributed by atoms with Crippen molar-refractivity contribution in [2.75, 3.05) is 10.2 Å². The highest BCUT2D eigenvalue weighted by atomic mass is 19.1. The predicted octanol–water partition coefficient (Wildman–Crippen LogP) is 4.51. The number of aromatic nitrogens is 2. The van der Waals surface area contributed by atoms with Gasteiger partial charge in [-0.15, -0.1) is 0 Å². The number of halogens is 3. The van der Waals surface area contributed by atoms with Gasteiger partial charge in [0.15, 0.2) is 0 Å². The largest absolute Gasteiger partial charge is 0.388 e. The topological polar surface area (TPSA) is 90.4 Å². The van der Waals surface area contributed by atoms with E-state index in [-0.39, 0.29) is 23.9 Å². The van der Waals surface area contributed by atoms with Crippen LogP contribution in [0.5, 0.6) is 0 Å². The van der Waals surface area contributed by atoms with E-state index < -0.39 is 35.1 Å². The van der Waals surface area contributed by atoms with Crippen LogP contribution in [-0.2, 0) is 6.54 Å². The Labute approximate surface area is 189 Å². The molecule has 0 aliphatic carbocycles. The standard InChI is InChI=1S/C23H24F3N5O2/c1-14(23(2,3)33)29-21-27-11-10-20(30-21)31(18-8-6-16(24)7-9-18)22(32)28-13-15-4-5-17(25)12-19(15)26/h4-12,14,33H,13H2,1-3H3,(H,28,32)(H,27,29,30)/t14-/m0/s1. The number of nitrogens with zero attached hydrogens (tertiary/aromatic N) is 3. The van der Waals surface area contributed by atoms with Gasteiger partial charge in [-0.3, -0.25) is 0 Å². The van der Waals surface area contributed by atoms with Gasteiger partial charge in [0.05, 0.1) is 17.3 Å². The van der Waals surface area contributed by atoms with Crippen molar-refractivity contribution >= 4 is 23.5 Å². The molecule has 2 amide bonds. The Balaban J connectivity index is 1.89. The van der Waals surface area contributed by atoms with Crippen LogP contribution in [0.2, 0.25) is 0 Å². The van der Waals surface area contributed by atoms with Crippen LogP contribution in [0.15, 0.2) is 54.7 Å². The zero-order valence-electron chi connectivity index (χ0n) is 18.3. The lowest BCUT2D eigenvalue weighted by atomic mass is 10.0. The minimum Gasteiger partial charge on any atom is -0.388 e. The summed E-state index contributed by atoms with van der Waals surface area (Å²) in [5, 5.41) is 15.7. The smallest absolute Gasteiger partial charge is 0.327 e. The maximum Gasteiger partial charge on any atom is 0.327 e. The lowest BCUT2D eigenvalue weighted by Gasteiger charge is -2.27. The lowest BCUT2D eigenvalue weighted by molar-refractivity contribution is 0.0646. The zero-order valence-corrected chi connectivity index (χ0v) is 18.3. The molecule has 1 aromatic heterocycles. The summed E-state index contributed by atoms with van der Waals surface area (Å²) in [7, 11) is 0. The third kappa shape index (κ3) is 6.19. The van der Waals surface area contributed by atoms with Crippen LogP contribution in [0.3, 0.4) is 0 Å². The Morgan fingerprint density at radius 3 is 2.39 bits per heavy atom. The Bertz CT molecular complexity index is 1120. The number of hydrogen-bond acceptors (Lipinski definition) is 5. The van der Waals surface area contributed by atoms with Crippen molar-refractivity contribution in [3.63, 3.8) is 0 Å². The molecule has 1 heterocycles. The molecule has 3 aromatic rings. The van der Waals surface area contributed by atoms with Crippen LogP contribution >= 0.6 is 0 Å². The molecule has 1 atom stereocenters. The molecule has 33 heavy (non-hydrogen) atoms. The lowest BCUT2D eigenvalue weighted by Crippen LogP contribution is -2.40. The third-order valence-electron chi connectivity index (χ3n) is 5.01. The molecule has 2 aromatic carbocycles. The Kier molecular flexibility index (Phi) is 7.17. The molecule has 0 saturated carbocycles. The second-order valence-corrected chi connectivity index (χ2v) is 7.96. The van der Waals surface area contributed by atoms with E-state index in [1.54, 1.807) is 20.8 Å². The van der Waals surface area contributed by atoms with E-state index in [0.29, 0.717) is 5.69 Å². The van der Waals surface area contributed by atoms with Crippen molar-refractivity contribution in [2.45, 2.75) is 39.0 Å². The molecule has 0 aliphatic heterocycles. The number of amides is 2. The first-order valence-corrected chi connectivity index (χ1v) is 10.1.